The van der Waals surface area contributed by atoms with Crippen LogP contribution in [0.1, 0.15) is 11.3 Å². The third kappa shape index (κ3) is 2.06. The minimum absolute atomic E-state index is 0.0332. The Bertz CT molecular complexity index is 522. The van der Waals surface area contributed by atoms with Gasteiger partial charge in [0.05, 0.1) is 11.4 Å². The van der Waals surface area contributed by atoms with Gasteiger partial charge >= 0.3 is 0 Å². The smallest absolute Gasteiger partial charge is 0.271 e. The summed E-state index contributed by atoms with van der Waals surface area (Å²) in [7, 11) is 1.85. The van der Waals surface area contributed by atoms with Crippen LogP contribution in [0.25, 0.3) is 5.69 Å². The minimum Gasteiger partial charge on any atom is -0.314 e. The first-order valence-corrected chi connectivity index (χ1v) is 5.23. The molecule has 4 nitrogen and oxygen atoms in total. The maximum absolute atomic E-state index is 11.7. The van der Waals surface area contributed by atoms with Crippen LogP contribution in [-0.2, 0) is 6.54 Å². The fourth-order valence-electron chi connectivity index (χ4n) is 1.61. The summed E-state index contributed by atoms with van der Waals surface area (Å²) in [4.78, 5) is 11.7. The maximum Gasteiger partial charge on any atom is 0.271 e. The van der Waals surface area contributed by atoms with E-state index in [-0.39, 0.29) is 5.56 Å². The van der Waals surface area contributed by atoms with E-state index in [2.05, 4.69) is 10.4 Å². The Balaban J connectivity index is 2.40. The molecule has 2 rings (SSSR count). The molecule has 0 aliphatic carbocycles. The number of aryl methyl sites for hydroxylation is 1. The van der Waals surface area contributed by atoms with Gasteiger partial charge in [-0.15, -0.1) is 0 Å². The van der Waals surface area contributed by atoms with Gasteiger partial charge in [-0.05, 0) is 26.1 Å². The average Bonchev–Trinajstić information content (AvgIpc) is 2.61. The summed E-state index contributed by atoms with van der Waals surface area (Å²) >= 11 is 0. The highest BCUT2D eigenvalue weighted by Gasteiger charge is 2.03. The van der Waals surface area contributed by atoms with Crippen LogP contribution in [0.4, 0.5) is 0 Å². The van der Waals surface area contributed by atoms with Crippen LogP contribution in [0.5, 0.6) is 0 Å². The van der Waals surface area contributed by atoms with Crippen molar-refractivity contribution in [3.05, 3.63) is 51.9 Å². The van der Waals surface area contributed by atoms with Crippen molar-refractivity contribution in [2.24, 2.45) is 0 Å². The highest BCUT2D eigenvalue weighted by atomic mass is 16.1. The lowest BCUT2D eigenvalue weighted by Gasteiger charge is -2.02. The zero-order valence-corrected chi connectivity index (χ0v) is 9.45. The van der Waals surface area contributed by atoms with E-state index in [1.165, 1.54) is 5.56 Å². The maximum atomic E-state index is 11.7. The van der Waals surface area contributed by atoms with Crippen LogP contribution >= 0.6 is 0 Å². The first kappa shape index (κ1) is 10.7. The normalized spacial score (nSPS) is 10.6. The predicted molar refractivity (Wildman–Crippen MR) is 63.9 cm³/mol. The number of nitrogens with one attached hydrogen (secondary N) is 2. The molecule has 0 saturated carbocycles. The molecule has 0 bridgehead atoms. The zero-order valence-electron chi connectivity index (χ0n) is 9.45. The quantitative estimate of drug-likeness (QED) is 0.811. The average molecular weight is 217 g/mol. The zero-order chi connectivity index (χ0) is 11.5. The van der Waals surface area contributed by atoms with Crippen LogP contribution in [0.15, 0.2) is 35.1 Å². The summed E-state index contributed by atoms with van der Waals surface area (Å²) in [5, 5.41) is 6.06. The number of nitrogens with zero attached hydrogens (tertiary/aromatic N) is 1. The van der Waals surface area contributed by atoms with Crippen molar-refractivity contribution in [2.45, 2.75) is 13.5 Å². The molecule has 0 spiro atoms. The monoisotopic (exact) mass is 217 g/mol. The van der Waals surface area contributed by atoms with Gasteiger partial charge in [-0.2, -0.15) is 0 Å². The molecular weight excluding hydrogens is 202 g/mol. The fraction of sp³-hybridized carbons (Fsp3) is 0.250. The van der Waals surface area contributed by atoms with E-state index in [9.17, 15) is 4.79 Å². The molecule has 0 amide bonds. The van der Waals surface area contributed by atoms with Crippen LogP contribution in [0.2, 0.25) is 0 Å². The van der Waals surface area contributed by atoms with Gasteiger partial charge in [-0.3, -0.25) is 9.89 Å². The second kappa shape index (κ2) is 4.37. The highest BCUT2D eigenvalue weighted by Crippen LogP contribution is 2.06. The second-order valence-electron chi connectivity index (χ2n) is 3.82. The second-order valence-corrected chi connectivity index (χ2v) is 3.82. The van der Waals surface area contributed by atoms with E-state index < -0.39 is 0 Å². The number of benzene rings is 1. The van der Waals surface area contributed by atoms with Crippen molar-refractivity contribution >= 4 is 0 Å². The molecule has 1 heterocycles. The van der Waals surface area contributed by atoms with E-state index >= 15 is 0 Å². The predicted octanol–water partition coefficient (Wildman–Crippen LogP) is 1.19. The van der Waals surface area contributed by atoms with Gasteiger partial charge in [-0.1, -0.05) is 17.7 Å². The molecule has 16 heavy (non-hydrogen) atoms. The molecule has 2 aromatic rings. The molecule has 0 atom stereocenters. The van der Waals surface area contributed by atoms with Crippen LogP contribution in [-0.4, -0.2) is 16.8 Å². The van der Waals surface area contributed by atoms with Gasteiger partial charge in [0.25, 0.3) is 5.56 Å². The van der Waals surface area contributed by atoms with E-state index in [0.717, 1.165) is 11.4 Å². The molecule has 1 aromatic heterocycles. The van der Waals surface area contributed by atoms with E-state index in [1.807, 2.05) is 38.2 Å². The SMILES string of the molecule is CNCc1cc(=O)n(-c2ccc(C)cc2)[nH]1. The number of H-pyrrole nitrogens is 1. The Labute approximate surface area is 93.9 Å². The molecule has 0 fully saturated rings. The van der Waals surface area contributed by atoms with Crippen molar-refractivity contribution in [2.75, 3.05) is 7.05 Å². The summed E-state index contributed by atoms with van der Waals surface area (Å²) in [6.07, 6.45) is 0. The van der Waals surface area contributed by atoms with Gasteiger partial charge < -0.3 is 5.32 Å². The van der Waals surface area contributed by atoms with Crippen LogP contribution in [0, 0.1) is 6.92 Å². The number of hydrogen-bond acceptors (Lipinski definition) is 2. The molecule has 0 unspecified atom stereocenters. The lowest BCUT2D eigenvalue weighted by atomic mass is 10.2. The lowest BCUT2D eigenvalue weighted by molar-refractivity contribution is 0.751. The fourth-order valence-corrected chi connectivity index (χ4v) is 1.61. The molecule has 1 aromatic carbocycles. The molecule has 2 N–H and O–H groups in total. The Morgan fingerprint density at radius 2 is 2.00 bits per heavy atom. The van der Waals surface area contributed by atoms with Gasteiger partial charge in [0, 0.05) is 12.6 Å². The molecule has 0 saturated heterocycles. The standard InChI is InChI=1S/C12H15N3O/c1-9-3-5-11(6-4-9)15-12(16)7-10(14-15)8-13-2/h3-7,13-14H,8H2,1-2H3. The largest absolute Gasteiger partial charge is 0.314 e. The van der Waals surface area contributed by atoms with Crippen molar-refractivity contribution in [3.63, 3.8) is 0 Å². The Hall–Kier alpha value is -1.81. The summed E-state index contributed by atoms with van der Waals surface area (Å²) < 4.78 is 1.55. The molecule has 4 heteroatoms. The molecule has 84 valence electrons. The number of hydrogen-bond donors (Lipinski definition) is 2. The van der Waals surface area contributed by atoms with Crippen LogP contribution < -0.4 is 10.9 Å². The van der Waals surface area contributed by atoms with E-state index in [4.69, 9.17) is 0 Å². The van der Waals surface area contributed by atoms with Gasteiger partial charge in [0.1, 0.15) is 0 Å². The summed E-state index contributed by atoms with van der Waals surface area (Å²) in [6, 6.07) is 9.43. The first-order chi connectivity index (χ1) is 7.70. The van der Waals surface area contributed by atoms with Crippen LogP contribution in [0.3, 0.4) is 0 Å². The Kier molecular flexibility index (Phi) is 2.92. The Morgan fingerprint density at radius 3 is 2.62 bits per heavy atom. The molecule has 0 aliphatic heterocycles. The third-order valence-electron chi connectivity index (χ3n) is 2.43. The number of rotatable bonds is 3. The number of aromatic nitrogens is 2. The number of aromatic amines is 1. The van der Waals surface area contributed by atoms with Crippen molar-refractivity contribution in [1.29, 1.82) is 0 Å². The van der Waals surface area contributed by atoms with Crippen molar-refractivity contribution in [1.82, 2.24) is 15.1 Å². The highest BCUT2D eigenvalue weighted by molar-refractivity contribution is 5.33. The molecule has 0 radical (unpaired) electrons. The van der Waals surface area contributed by atoms with Gasteiger partial charge in [-0.25, -0.2) is 4.68 Å². The first-order valence-electron chi connectivity index (χ1n) is 5.23. The van der Waals surface area contributed by atoms with E-state index in [0.29, 0.717) is 6.54 Å². The van der Waals surface area contributed by atoms with Crippen molar-refractivity contribution in [3.8, 4) is 5.69 Å². The van der Waals surface area contributed by atoms with E-state index in [1.54, 1.807) is 10.7 Å². The topological polar surface area (TPSA) is 49.8 Å². The lowest BCUT2D eigenvalue weighted by Crippen LogP contribution is -2.13. The Morgan fingerprint density at radius 1 is 1.31 bits per heavy atom. The summed E-state index contributed by atoms with van der Waals surface area (Å²) in [6.45, 7) is 2.68. The minimum atomic E-state index is -0.0332. The van der Waals surface area contributed by atoms with Gasteiger partial charge in [0.15, 0.2) is 0 Å². The summed E-state index contributed by atoms with van der Waals surface area (Å²) in [5.41, 5.74) is 2.89. The molecular formula is C12H15N3O. The van der Waals surface area contributed by atoms with Crippen molar-refractivity contribution < 1.29 is 0 Å². The van der Waals surface area contributed by atoms with Gasteiger partial charge in [0.2, 0.25) is 0 Å². The molecule has 0 aliphatic rings. The summed E-state index contributed by atoms with van der Waals surface area (Å²) in [5.74, 6) is 0. The third-order valence-corrected chi connectivity index (χ3v) is 2.43.